The van der Waals surface area contributed by atoms with Gasteiger partial charge in [-0.1, -0.05) is 11.6 Å². The van der Waals surface area contributed by atoms with Gasteiger partial charge < -0.3 is 20.4 Å². The number of aromatic amines is 1. The summed E-state index contributed by atoms with van der Waals surface area (Å²) in [6.45, 7) is 4.57. The number of thiazole rings is 1. The van der Waals surface area contributed by atoms with Gasteiger partial charge in [-0.2, -0.15) is 0 Å². The summed E-state index contributed by atoms with van der Waals surface area (Å²) in [5.74, 6) is -0.471. The maximum Gasteiger partial charge on any atom is 0.280 e. The quantitative estimate of drug-likeness (QED) is 0.482. The van der Waals surface area contributed by atoms with E-state index >= 15 is 0 Å². The van der Waals surface area contributed by atoms with Gasteiger partial charge in [-0.25, -0.2) is 4.98 Å². The standard InChI is InChI=1S/C20H22ClN5O3S/c21-14-1-2-16-13(9-14)10-17(25-16)18(27)22-3-4-23-19(28)20-24-15(12-30-20)11-26-5-7-29-8-6-26/h1-2,9-10,12,25H,3-8,11H2,(H,22,27)(H,23,28). The maximum absolute atomic E-state index is 12.3. The number of morpholine rings is 1. The molecule has 0 spiro atoms. The van der Waals surface area contributed by atoms with Crippen LogP contribution >= 0.6 is 22.9 Å². The smallest absolute Gasteiger partial charge is 0.280 e. The zero-order valence-corrected chi connectivity index (χ0v) is 17.8. The number of amides is 2. The number of ether oxygens (including phenoxy) is 1. The lowest BCUT2D eigenvalue weighted by Gasteiger charge is -2.25. The molecule has 0 bridgehead atoms. The normalized spacial score (nSPS) is 14.7. The van der Waals surface area contributed by atoms with Gasteiger partial charge in [-0.15, -0.1) is 11.3 Å². The first kappa shape index (κ1) is 20.8. The molecule has 1 aliphatic heterocycles. The third kappa shape index (κ3) is 5.17. The van der Waals surface area contributed by atoms with Gasteiger partial charge in [0.2, 0.25) is 0 Å². The molecule has 1 saturated heterocycles. The first-order valence-corrected chi connectivity index (χ1v) is 10.9. The second-order valence-electron chi connectivity index (χ2n) is 6.96. The third-order valence-electron chi connectivity index (χ3n) is 4.76. The monoisotopic (exact) mass is 447 g/mol. The molecule has 0 unspecified atom stereocenters. The van der Waals surface area contributed by atoms with Crippen LogP contribution in [0.25, 0.3) is 10.9 Å². The number of carbonyl (C=O) groups is 2. The summed E-state index contributed by atoms with van der Waals surface area (Å²) in [5, 5.41) is 9.41. The first-order valence-electron chi connectivity index (χ1n) is 9.68. The van der Waals surface area contributed by atoms with E-state index in [2.05, 4.69) is 25.5 Å². The molecule has 0 saturated carbocycles. The Balaban J connectivity index is 1.22. The number of aromatic nitrogens is 2. The summed E-state index contributed by atoms with van der Waals surface area (Å²) in [7, 11) is 0. The van der Waals surface area contributed by atoms with E-state index in [0.29, 0.717) is 28.8 Å². The van der Waals surface area contributed by atoms with E-state index in [1.54, 1.807) is 18.2 Å². The van der Waals surface area contributed by atoms with Crippen LogP contribution in [0.5, 0.6) is 0 Å². The van der Waals surface area contributed by atoms with Crippen molar-refractivity contribution in [2.24, 2.45) is 0 Å². The molecule has 158 valence electrons. The number of hydrogen-bond acceptors (Lipinski definition) is 6. The summed E-state index contributed by atoms with van der Waals surface area (Å²) in [5.41, 5.74) is 2.18. The number of hydrogen-bond donors (Lipinski definition) is 3. The highest BCUT2D eigenvalue weighted by Crippen LogP contribution is 2.20. The van der Waals surface area contributed by atoms with E-state index in [4.69, 9.17) is 16.3 Å². The van der Waals surface area contributed by atoms with Crippen LogP contribution in [0.1, 0.15) is 26.0 Å². The third-order valence-corrected chi connectivity index (χ3v) is 5.88. The van der Waals surface area contributed by atoms with Crippen LogP contribution in [-0.2, 0) is 11.3 Å². The minimum absolute atomic E-state index is 0.234. The molecule has 2 amide bonds. The van der Waals surface area contributed by atoms with Gasteiger partial charge in [-0.05, 0) is 24.3 Å². The fraction of sp³-hybridized carbons (Fsp3) is 0.350. The molecular weight excluding hydrogens is 426 g/mol. The van der Waals surface area contributed by atoms with Crippen molar-refractivity contribution in [3.8, 4) is 0 Å². The maximum atomic E-state index is 12.3. The molecule has 3 N–H and O–H groups in total. The minimum atomic E-state index is -0.237. The van der Waals surface area contributed by atoms with E-state index in [0.717, 1.165) is 49.4 Å². The summed E-state index contributed by atoms with van der Waals surface area (Å²) in [6.07, 6.45) is 0. The van der Waals surface area contributed by atoms with Crippen molar-refractivity contribution in [2.75, 3.05) is 39.4 Å². The summed E-state index contributed by atoms with van der Waals surface area (Å²) in [6, 6.07) is 7.14. The van der Waals surface area contributed by atoms with Crippen molar-refractivity contribution < 1.29 is 14.3 Å². The Hall–Kier alpha value is -2.46. The zero-order valence-electron chi connectivity index (χ0n) is 16.2. The van der Waals surface area contributed by atoms with E-state index in [1.807, 2.05) is 11.4 Å². The Morgan fingerprint density at radius 3 is 2.73 bits per heavy atom. The Morgan fingerprint density at radius 2 is 1.93 bits per heavy atom. The van der Waals surface area contributed by atoms with E-state index in [1.165, 1.54) is 11.3 Å². The predicted molar refractivity (Wildman–Crippen MR) is 116 cm³/mol. The first-order chi connectivity index (χ1) is 14.6. The predicted octanol–water partition coefficient (Wildman–Crippen LogP) is 2.27. The molecule has 0 radical (unpaired) electrons. The average molecular weight is 448 g/mol. The molecular formula is C20H22ClN5O3S. The van der Waals surface area contributed by atoms with E-state index in [9.17, 15) is 9.59 Å². The highest BCUT2D eigenvalue weighted by Gasteiger charge is 2.15. The van der Waals surface area contributed by atoms with Gasteiger partial charge in [0, 0.05) is 54.0 Å². The SMILES string of the molecule is O=C(NCCNC(=O)c1nc(CN2CCOCC2)cs1)c1cc2cc(Cl)ccc2[nH]1. The number of halogens is 1. The molecule has 8 nitrogen and oxygen atoms in total. The fourth-order valence-corrected chi connectivity index (χ4v) is 4.13. The highest BCUT2D eigenvalue weighted by molar-refractivity contribution is 7.11. The molecule has 1 aromatic carbocycles. The Kier molecular flexibility index (Phi) is 6.63. The second-order valence-corrected chi connectivity index (χ2v) is 8.25. The van der Waals surface area contributed by atoms with Gasteiger partial charge in [0.15, 0.2) is 5.01 Å². The molecule has 0 atom stereocenters. The molecule has 2 aromatic heterocycles. The van der Waals surface area contributed by atoms with E-state index < -0.39 is 0 Å². The largest absolute Gasteiger partial charge is 0.379 e. The molecule has 3 heterocycles. The van der Waals surface area contributed by atoms with Crippen molar-refractivity contribution in [1.82, 2.24) is 25.5 Å². The van der Waals surface area contributed by atoms with Crippen LogP contribution in [0, 0.1) is 0 Å². The number of fused-ring (bicyclic) bond motifs is 1. The lowest BCUT2D eigenvalue weighted by Crippen LogP contribution is -2.36. The lowest BCUT2D eigenvalue weighted by molar-refractivity contribution is 0.0337. The molecule has 1 aliphatic rings. The zero-order chi connectivity index (χ0) is 20.9. The number of carbonyl (C=O) groups excluding carboxylic acids is 2. The van der Waals surface area contributed by atoms with Gasteiger partial charge in [0.25, 0.3) is 11.8 Å². The summed E-state index contributed by atoms with van der Waals surface area (Å²) >= 11 is 7.30. The van der Waals surface area contributed by atoms with Crippen molar-refractivity contribution in [2.45, 2.75) is 6.54 Å². The van der Waals surface area contributed by atoms with Gasteiger partial charge >= 0.3 is 0 Å². The van der Waals surface area contributed by atoms with Crippen molar-refractivity contribution >= 4 is 45.7 Å². The van der Waals surface area contributed by atoms with Crippen LogP contribution in [0.15, 0.2) is 29.6 Å². The van der Waals surface area contributed by atoms with Crippen molar-refractivity contribution in [3.05, 3.63) is 51.1 Å². The molecule has 0 aliphatic carbocycles. The topological polar surface area (TPSA) is 99.3 Å². The van der Waals surface area contributed by atoms with Crippen LogP contribution in [0.2, 0.25) is 5.02 Å². The summed E-state index contributed by atoms with van der Waals surface area (Å²) < 4.78 is 5.34. The van der Waals surface area contributed by atoms with Crippen LogP contribution in [0.3, 0.4) is 0 Å². The van der Waals surface area contributed by atoms with Crippen LogP contribution < -0.4 is 10.6 Å². The molecule has 30 heavy (non-hydrogen) atoms. The van der Waals surface area contributed by atoms with Gasteiger partial charge in [0.1, 0.15) is 5.69 Å². The number of H-pyrrole nitrogens is 1. The van der Waals surface area contributed by atoms with Crippen LogP contribution in [-0.4, -0.2) is 66.1 Å². The fourth-order valence-electron chi connectivity index (χ4n) is 3.22. The Bertz CT molecular complexity index is 1040. The van der Waals surface area contributed by atoms with Gasteiger partial charge in [0.05, 0.1) is 18.9 Å². The number of nitrogens with zero attached hydrogens (tertiary/aromatic N) is 2. The molecule has 4 rings (SSSR count). The minimum Gasteiger partial charge on any atom is -0.379 e. The highest BCUT2D eigenvalue weighted by atomic mass is 35.5. The number of benzene rings is 1. The average Bonchev–Trinajstić information content (AvgIpc) is 3.38. The lowest BCUT2D eigenvalue weighted by atomic mass is 10.2. The number of nitrogens with one attached hydrogen (secondary N) is 3. The van der Waals surface area contributed by atoms with Gasteiger partial charge in [-0.3, -0.25) is 14.5 Å². The van der Waals surface area contributed by atoms with E-state index in [-0.39, 0.29) is 11.8 Å². The number of rotatable bonds is 7. The molecule has 3 aromatic rings. The molecule has 10 heteroatoms. The second kappa shape index (κ2) is 9.57. The Labute approximate surface area is 182 Å². The van der Waals surface area contributed by atoms with Crippen molar-refractivity contribution in [3.63, 3.8) is 0 Å². The van der Waals surface area contributed by atoms with Crippen molar-refractivity contribution in [1.29, 1.82) is 0 Å². The van der Waals surface area contributed by atoms with Crippen LogP contribution in [0.4, 0.5) is 0 Å². The molecule has 1 fully saturated rings. The summed E-state index contributed by atoms with van der Waals surface area (Å²) in [4.78, 5) is 34.3. The Morgan fingerprint density at radius 1 is 1.17 bits per heavy atom.